The van der Waals surface area contributed by atoms with Crippen molar-refractivity contribution in [2.45, 2.75) is 0 Å². The van der Waals surface area contributed by atoms with Gasteiger partial charge in [0.05, 0.1) is 4.92 Å². The Bertz CT molecular complexity index is 351. The summed E-state index contributed by atoms with van der Waals surface area (Å²) in [4.78, 5) is 20.1. The summed E-state index contributed by atoms with van der Waals surface area (Å²) < 4.78 is 0. The molecule has 6 heteroatoms. The van der Waals surface area contributed by atoms with E-state index < -0.39 is 4.92 Å². The van der Waals surface area contributed by atoms with Gasteiger partial charge < -0.3 is 5.43 Å². The third kappa shape index (κ3) is 1.79. The van der Waals surface area contributed by atoms with E-state index in [1.807, 2.05) is 0 Å². The highest BCUT2D eigenvalue weighted by atomic mass is 16.6. The molecule has 0 aliphatic carbocycles. The zero-order valence-electron chi connectivity index (χ0n) is 6.56. The van der Waals surface area contributed by atoms with Crippen LogP contribution in [0.1, 0.15) is 10.4 Å². The molecule has 0 saturated heterocycles. The molecule has 1 aromatic carbocycles. The first-order chi connectivity index (χ1) is 6.19. The number of benzene rings is 1. The number of rotatable bonds is 3. The Kier molecular flexibility index (Phi) is 2.56. The van der Waals surface area contributed by atoms with Crippen LogP contribution in [0, 0.1) is 10.1 Å². The van der Waals surface area contributed by atoms with Crippen molar-refractivity contribution in [3.8, 4) is 0 Å². The number of nitrogens with two attached hydrogens (primary N) is 1. The van der Waals surface area contributed by atoms with Gasteiger partial charge in [0, 0.05) is 11.6 Å². The molecule has 13 heavy (non-hydrogen) atoms. The predicted octanol–water partition coefficient (Wildman–Crippen LogP) is 0.693. The lowest BCUT2D eigenvalue weighted by Gasteiger charge is -2.01. The summed E-state index contributed by atoms with van der Waals surface area (Å²) in [7, 11) is 0. The normalized spacial score (nSPS) is 9.31. The minimum atomic E-state index is -0.580. The Hall–Kier alpha value is -1.95. The molecule has 0 aliphatic rings. The molecule has 1 rings (SSSR count). The summed E-state index contributed by atoms with van der Waals surface area (Å²) >= 11 is 0. The van der Waals surface area contributed by atoms with Gasteiger partial charge in [0.1, 0.15) is 12.0 Å². The van der Waals surface area contributed by atoms with Crippen molar-refractivity contribution in [1.29, 1.82) is 0 Å². The van der Waals surface area contributed by atoms with Crippen molar-refractivity contribution < 1.29 is 9.72 Å². The summed E-state index contributed by atoms with van der Waals surface area (Å²) in [5.41, 5.74) is 2.44. The van der Waals surface area contributed by atoms with E-state index in [0.717, 1.165) is 0 Å². The third-order valence-electron chi connectivity index (χ3n) is 1.51. The van der Waals surface area contributed by atoms with Crippen LogP contribution in [0.25, 0.3) is 0 Å². The Labute approximate surface area is 73.5 Å². The van der Waals surface area contributed by atoms with E-state index in [0.29, 0.717) is 11.8 Å². The number of anilines is 1. The third-order valence-corrected chi connectivity index (χ3v) is 1.51. The van der Waals surface area contributed by atoms with Crippen LogP contribution in [0.2, 0.25) is 0 Å². The molecule has 1 aromatic rings. The zero-order chi connectivity index (χ0) is 9.84. The number of carbonyl (C=O) groups is 1. The van der Waals surface area contributed by atoms with Crippen LogP contribution < -0.4 is 11.3 Å². The molecule has 0 radical (unpaired) electrons. The molecule has 6 nitrogen and oxygen atoms in total. The monoisotopic (exact) mass is 181 g/mol. The average molecular weight is 181 g/mol. The maximum Gasteiger partial charge on any atom is 0.293 e. The minimum absolute atomic E-state index is 0.120. The van der Waals surface area contributed by atoms with Gasteiger partial charge in [-0.1, -0.05) is 0 Å². The fourth-order valence-electron chi connectivity index (χ4n) is 0.902. The molecule has 0 fully saturated rings. The number of carbonyl (C=O) groups excluding carboxylic acids is 1. The van der Waals surface area contributed by atoms with Gasteiger partial charge in [-0.25, -0.2) is 0 Å². The van der Waals surface area contributed by atoms with Crippen LogP contribution in [-0.4, -0.2) is 11.2 Å². The van der Waals surface area contributed by atoms with Crippen molar-refractivity contribution in [2.75, 3.05) is 5.43 Å². The van der Waals surface area contributed by atoms with Gasteiger partial charge in [-0.05, 0) is 12.1 Å². The van der Waals surface area contributed by atoms with E-state index in [-0.39, 0.29) is 11.4 Å². The number of hydrogen-bond acceptors (Lipinski definition) is 5. The Balaban J connectivity index is 3.23. The number of nitrogens with zero attached hydrogens (tertiary/aromatic N) is 1. The van der Waals surface area contributed by atoms with Gasteiger partial charge in [0.15, 0.2) is 0 Å². The molecule has 3 N–H and O–H groups in total. The first-order valence-corrected chi connectivity index (χ1v) is 3.39. The van der Waals surface area contributed by atoms with E-state index >= 15 is 0 Å². The Morgan fingerprint density at radius 3 is 2.69 bits per heavy atom. The van der Waals surface area contributed by atoms with Crippen LogP contribution in [0.4, 0.5) is 11.4 Å². The van der Waals surface area contributed by atoms with Crippen LogP contribution >= 0.6 is 0 Å². The zero-order valence-corrected chi connectivity index (χ0v) is 6.56. The molecule has 0 atom stereocenters. The summed E-state index contributed by atoms with van der Waals surface area (Å²) in [6.07, 6.45) is 0.588. The van der Waals surface area contributed by atoms with Crippen molar-refractivity contribution >= 4 is 17.7 Å². The quantitative estimate of drug-likeness (QED) is 0.309. The van der Waals surface area contributed by atoms with E-state index in [9.17, 15) is 14.9 Å². The Morgan fingerprint density at radius 2 is 2.23 bits per heavy atom. The van der Waals surface area contributed by atoms with E-state index in [1.165, 1.54) is 18.2 Å². The number of nitro benzene ring substituents is 1. The van der Waals surface area contributed by atoms with Crippen LogP contribution in [0.3, 0.4) is 0 Å². The summed E-state index contributed by atoms with van der Waals surface area (Å²) in [5, 5.41) is 10.4. The molecule has 0 aromatic heterocycles. The second-order valence-corrected chi connectivity index (χ2v) is 2.30. The van der Waals surface area contributed by atoms with Gasteiger partial charge >= 0.3 is 0 Å². The highest BCUT2D eigenvalue weighted by molar-refractivity contribution is 5.79. The summed E-state index contributed by atoms with van der Waals surface area (Å²) in [6.45, 7) is 0. The second kappa shape index (κ2) is 3.63. The summed E-state index contributed by atoms with van der Waals surface area (Å²) in [5.74, 6) is 5.04. The molecular weight excluding hydrogens is 174 g/mol. The van der Waals surface area contributed by atoms with Crippen molar-refractivity contribution in [3.05, 3.63) is 33.9 Å². The van der Waals surface area contributed by atoms with Crippen molar-refractivity contribution in [2.24, 2.45) is 5.84 Å². The van der Waals surface area contributed by atoms with Crippen LogP contribution in [0.15, 0.2) is 18.2 Å². The number of hydrazine groups is 1. The highest BCUT2D eigenvalue weighted by Crippen LogP contribution is 2.23. The molecule has 0 heterocycles. The average Bonchev–Trinajstić information content (AvgIpc) is 2.16. The molecular formula is C7H7N3O3. The number of nitro groups is 1. The molecule has 0 bridgehead atoms. The molecule has 0 unspecified atom stereocenters. The van der Waals surface area contributed by atoms with E-state index in [2.05, 4.69) is 5.43 Å². The van der Waals surface area contributed by atoms with Gasteiger partial charge in [-0.2, -0.15) is 0 Å². The SMILES string of the molecule is NNc1cc(C=O)ccc1[N+](=O)[O-]. The minimum Gasteiger partial charge on any atom is -0.318 e. The number of nitrogens with one attached hydrogen (secondary N) is 1. The second-order valence-electron chi connectivity index (χ2n) is 2.30. The van der Waals surface area contributed by atoms with Crippen molar-refractivity contribution in [3.63, 3.8) is 0 Å². The van der Waals surface area contributed by atoms with Crippen LogP contribution in [0.5, 0.6) is 0 Å². The molecule has 68 valence electrons. The largest absolute Gasteiger partial charge is 0.318 e. The van der Waals surface area contributed by atoms with Crippen molar-refractivity contribution in [1.82, 2.24) is 0 Å². The highest BCUT2D eigenvalue weighted by Gasteiger charge is 2.12. The van der Waals surface area contributed by atoms with Gasteiger partial charge in [0.25, 0.3) is 5.69 Å². The maximum absolute atomic E-state index is 10.4. The van der Waals surface area contributed by atoms with E-state index in [4.69, 9.17) is 5.84 Å². The maximum atomic E-state index is 10.4. The number of aldehydes is 1. The van der Waals surface area contributed by atoms with Gasteiger partial charge in [-0.15, -0.1) is 0 Å². The molecule has 0 saturated carbocycles. The first-order valence-electron chi connectivity index (χ1n) is 3.39. The predicted molar refractivity (Wildman–Crippen MR) is 46.3 cm³/mol. The molecule has 0 spiro atoms. The fraction of sp³-hybridized carbons (Fsp3) is 0. The summed E-state index contributed by atoms with van der Waals surface area (Å²) in [6, 6.07) is 3.88. The molecule has 0 amide bonds. The lowest BCUT2D eigenvalue weighted by atomic mass is 10.2. The van der Waals surface area contributed by atoms with Crippen LogP contribution in [-0.2, 0) is 0 Å². The van der Waals surface area contributed by atoms with Gasteiger partial charge in [-0.3, -0.25) is 20.8 Å². The fourth-order valence-corrected chi connectivity index (χ4v) is 0.902. The first kappa shape index (κ1) is 9.14. The smallest absolute Gasteiger partial charge is 0.293 e. The standard InChI is InChI=1S/C7H7N3O3/c8-9-6-3-5(4-11)1-2-7(6)10(12)13/h1-4,9H,8H2. The van der Waals surface area contributed by atoms with E-state index in [1.54, 1.807) is 0 Å². The number of nitrogen functional groups attached to an aromatic ring is 1. The molecule has 0 aliphatic heterocycles. The number of hydrogen-bond donors (Lipinski definition) is 2. The topological polar surface area (TPSA) is 98.3 Å². The Morgan fingerprint density at radius 1 is 1.54 bits per heavy atom. The lowest BCUT2D eigenvalue weighted by Crippen LogP contribution is -2.09. The lowest BCUT2D eigenvalue weighted by molar-refractivity contribution is -0.384. The van der Waals surface area contributed by atoms with Gasteiger partial charge in [0.2, 0.25) is 0 Å².